The number of aromatic amines is 1. The van der Waals surface area contributed by atoms with Gasteiger partial charge in [-0.1, -0.05) is 24.3 Å². The molecule has 0 radical (unpaired) electrons. The van der Waals surface area contributed by atoms with Gasteiger partial charge in [0, 0.05) is 11.8 Å². The van der Waals surface area contributed by atoms with Crippen LogP contribution in [0.1, 0.15) is 11.3 Å². The fourth-order valence-corrected chi connectivity index (χ4v) is 2.88. The second kappa shape index (κ2) is 7.18. The van der Waals surface area contributed by atoms with Gasteiger partial charge in [0.25, 0.3) is 15.8 Å². The number of nitrogens with two attached hydrogens (primary N) is 1. The third-order valence-corrected chi connectivity index (χ3v) is 3.94. The van der Waals surface area contributed by atoms with Gasteiger partial charge < -0.3 is 0 Å². The smallest absolute Gasteiger partial charge is 0.268 e. The zero-order chi connectivity index (χ0) is 17.3. The Kier molecular flexibility index (Phi) is 5.41. The van der Waals surface area contributed by atoms with E-state index in [1.807, 2.05) is 4.72 Å². The van der Waals surface area contributed by atoms with Crippen molar-refractivity contribution in [1.29, 1.82) is 0 Å². The molecule has 132 valence electrons. The maximum atomic E-state index is 14.0. The fraction of sp³-hybridized carbons (Fsp3) is 0.0667. The molecule has 0 spiro atoms. The molecule has 25 heavy (non-hydrogen) atoms. The highest BCUT2D eigenvalue weighted by molar-refractivity contribution is 7.90. The van der Waals surface area contributed by atoms with E-state index in [2.05, 4.69) is 10.2 Å². The highest BCUT2D eigenvalue weighted by atomic mass is 35.5. The van der Waals surface area contributed by atoms with Crippen LogP contribution in [-0.2, 0) is 16.6 Å². The Morgan fingerprint density at radius 1 is 1.16 bits per heavy atom. The molecule has 0 bridgehead atoms. The van der Waals surface area contributed by atoms with Crippen molar-refractivity contribution in [2.24, 2.45) is 5.14 Å². The largest absolute Gasteiger partial charge is 0.296 e. The van der Waals surface area contributed by atoms with Gasteiger partial charge in [-0.2, -0.15) is 13.5 Å². The second-order valence-corrected chi connectivity index (χ2v) is 6.48. The van der Waals surface area contributed by atoms with E-state index in [0.29, 0.717) is 22.0 Å². The molecule has 7 nitrogen and oxygen atoms in total. The summed E-state index contributed by atoms with van der Waals surface area (Å²) in [4.78, 5) is 11.8. The van der Waals surface area contributed by atoms with Gasteiger partial charge in [0.1, 0.15) is 5.82 Å². The van der Waals surface area contributed by atoms with E-state index >= 15 is 0 Å². The van der Waals surface area contributed by atoms with Crippen LogP contribution in [0.4, 0.5) is 10.1 Å². The summed E-state index contributed by atoms with van der Waals surface area (Å²) in [6.07, 6.45) is 0.268. The fourth-order valence-electron chi connectivity index (χ4n) is 2.40. The highest BCUT2D eigenvalue weighted by Gasteiger charge is 2.11. The summed E-state index contributed by atoms with van der Waals surface area (Å²) in [6, 6.07) is 11.0. The lowest BCUT2D eigenvalue weighted by molar-refractivity contribution is 0.600. The number of aromatic nitrogens is 2. The Morgan fingerprint density at radius 3 is 2.48 bits per heavy atom. The third kappa shape index (κ3) is 4.32. The average Bonchev–Trinajstić information content (AvgIpc) is 2.52. The van der Waals surface area contributed by atoms with Crippen LogP contribution in [0, 0.1) is 5.82 Å². The molecule has 4 N–H and O–H groups in total. The number of anilines is 1. The number of H-pyrrole nitrogens is 1. The molecule has 1 heterocycles. The van der Waals surface area contributed by atoms with Crippen LogP contribution < -0.4 is 15.4 Å². The Morgan fingerprint density at radius 2 is 1.84 bits per heavy atom. The lowest BCUT2D eigenvalue weighted by atomic mass is 10.0. The monoisotopic (exact) mass is 384 g/mol. The summed E-state index contributed by atoms with van der Waals surface area (Å²) >= 11 is 0. The van der Waals surface area contributed by atoms with Crippen molar-refractivity contribution in [3.05, 3.63) is 69.9 Å². The number of nitrogens with zero attached hydrogens (tertiary/aromatic N) is 1. The molecule has 0 fully saturated rings. The van der Waals surface area contributed by atoms with Crippen LogP contribution in [0.25, 0.3) is 10.8 Å². The van der Waals surface area contributed by atoms with Crippen molar-refractivity contribution in [3.8, 4) is 0 Å². The zero-order valence-corrected chi connectivity index (χ0v) is 14.3. The van der Waals surface area contributed by atoms with Gasteiger partial charge in [0.15, 0.2) is 0 Å². The van der Waals surface area contributed by atoms with E-state index in [1.165, 1.54) is 12.1 Å². The average molecular weight is 385 g/mol. The molecule has 0 amide bonds. The highest BCUT2D eigenvalue weighted by Crippen LogP contribution is 2.20. The predicted molar refractivity (Wildman–Crippen MR) is 95.5 cm³/mol. The summed E-state index contributed by atoms with van der Waals surface area (Å²) in [6.45, 7) is 0. The van der Waals surface area contributed by atoms with Crippen molar-refractivity contribution < 1.29 is 12.8 Å². The first-order valence-electron chi connectivity index (χ1n) is 6.89. The van der Waals surface area contributed by atoms with Gasteiger partial charge >= 0.3 is 0 Å². The number of benzene rings is 2. The minimum absolute atomic E-state index is 0. The number of halogens is 2. The maximum Gasteiger partial charge on any atom is 0.296 e. The molecule has 0 aliphatic heterocycles. The lowest BCUT2D eigenvalue weighted by Crippen LogP contribution is -2.22. The quantitative estimate of drug-likeness (QED) is 0.634. The summed E-state index contributed by atoms with van der Waals surface area (Å²) in [5.41, 5.74) is 0.614. The summed E-state index contributed by atoms with van der Waals surface area (Å²) in [7, 11) is -4.05. The minimum Gasteiger partial charge on any atom is -0.268 e. The maximum absolute atomic E-state index is 14.0. The lowest BCUT2D eigenvalue weighted by Gasteiger charge is -2.08. The van der Waals surface area contributed by atoms with Gasteiger partial charge in [-0.3, -0.25) is 9.52 Å². The van der Waals surface area contributed by atoms with Crippen molar-refractivity contribution in [2.45, 2.75) is 6.42 Å². The molecular weight excluding hydrogens is 371 g/mol. The third-order valence-electron chi connectivity index (χ3n) is 3.43. The van der Waals surface area contributed by atoms with Gasteiger partial charge in [-0.25, -0.2) is 14.6 Å². The molecule has 0 saturated carbocycles. The van der Waals surface area contributed by atoms with Crippen LogP contribution in [0.15, 0.2) is 47.3 Å². The van der Waals surface area contributed by atoms with Crippen LogP contribution in [0.2, 0.25) is 0 Å². The molecule has 3 rings (SSSR count). The minimum atomic E-state index is -4.05. The number of rotatable bonds is 4. The molecule has 2 aromatic carbocycles. The molecule has 0 aliphatic rings. The molecular formula is C15H14ClFN4O3S. The Hall–Kier alpha value is -2.49. The molecule has 1 aromatic heterocycles. The first-order valence-corrected chi connectivity index (χ1v) is 8.43. The predicted octanol–water partition coefficient (Wildman–Crippen LogP) is 1.69. The Balaban J connectivity index is 0.00000225. The van der Waals surface area contributed by atoms with E-state index in [4.69, 9.17) is 5.14 Å². The Bertz CT molecular complexity index is 1090. The van der Waals surface area contributed by atoms with Crippen LogP contribution in [-0.4, -0.2) is 18.6 Å². The number of nitrogens with one attached hydrogen (secondary N) is 2. The first-order chi connectivity index (χ1) is 11.3. The summed E-state index contributed by atoms with van der Waals surface area (Å²) in [5.74, 6) is -0.754. The molecule has 0 unspecified atom stereocenters. The van der Waals surface area contributed by atoms with E-state index in [9.17, 15) is 17.6 Å². The van der Waals surface area contributed by atoms with Crippen LogP contribution in [0.3, 0.4) is 0 Å². The van der Waals surface area contributed by atoms with Crippen molar-refractivity contribution in [1.82, 2.24) is 10.2 Å². The topological polar surface area (TPSA) is 118 Å². The zero-order valence-electron chi connectivity index (χ0n) is 12.7. The molecule has 0 saturated heterocycles. The number of hydrogen-bond donors (Lipinski definition) is 3. The van der Waals surface area contributed by atoms with Crippen molar-refractivity contribution in [2.75, 3.05) is 4.72 Å². The van der Waals surface area contributed by atoms with E-state index < -0.39 is 16.0 Å². The van der Waals surface area contributed by atoms with Gasteiger partial charge in [0.2, 0.25) is 0 Å². The molecule has 0 atom stereocenters. The number of fused-ring (bicyclic) bond motifs is 1. The van der Waals surface area contributed by atoms with Crippen LogP contribution >= 0.6 is 12.4 Å². The standard InChI is InChI=1S/C15H13FN4O3S.ClH/c16-12-7-9(5-6-13(12)20-24(17,22)23)8-14-10-3-1-2-4-11(10)15(21)19-18-14;/h1-7,20H,8H2,(H,19,21)(H2,17,22,23);1H. The molecule has 10 heteroatoms. The number of hydrogen-bond acceptors (Lipinski definition) is 4. The van der Waals surface area contributed by atoms with Gasteiger partial charge in [-0.15, -0.1) is 12.4 Å². The van der Waals surface area contributed by atoms with Crippen molar-refractivity contribution in [3.63, 3.8) is 0 Å². The SMILES string of the molecule is Cl.NS(=O)(=O)Nc1ccc(Cc2n[nH]c(=O)c3ccccc23)cc1F. The molecule has 3 aromatic rings. The van der Waals surface area contributed by atoms with Crippen molar-refractivity contribution >= 4 is 39.1 Å². The Labute approximate surface area is 148 Å². The van der Waals surface area contributed by atoms with Gasteiger partial charge in [-0.05, 0) is 23.8 Å². The van der Waals surface area contributed by atoms with Crippen LogP contribution in [0.5, 0.6) is 0 Å². The second-order valence-electron chi connectivity index (χ2n) is 5.18. The normalized spacial score (nSPS) is 11.1. The van der Waals surface area contributed by atoms with Gasteiger partial charge in [0.05, 0.1) is 16.8 Å². The van der Waals surface area contributed by atoms with E-state index in [1.54, 1.807) is 30.3 Å². The van der Waals surface area contributed by atoms with E-state index in [-0.39, 0.29) is 30.1 Å². The molecule has 0 aliphatic carbocycles. The first kappa shape index (κ1) is 18.8. The van der Waals surface area contributed by atoms with E-state index in [0.717, 1.165) is 0 Å². The summed E-state index contributed by atoms with van der Waals surface area (Å²) < 4.78 is 37.8. The summed E-state index contributed by atoms with van der Waals surface area (Å²) in [5, 5.41) is 12.4.